The molecule has 13 heavy (non-hydrogen) atoms. The minimum absolute atomic E-state index is 0.475. The average molecular weight is 182 g/mol. The Morgan fingerprint density at radius 1 is 1.38 bits per heavy atom. The summed E-state index contributed by atoms with van der Waals surface area (Å²) in [6.07, 6.45) is 5.16. The van der Waals surface area contributed by atoms with E-state index in [0.717, 1.165) is 6.04 Å². The van der Waals surface area contributed by atoms with E-state index in [9.17, 15) is 0 Å². The van der Waals surface area contributed by atoms with Crippen molar-refractivity contribution in [2.24, 2.45) is 11.1 Å². The van der Waals surface area contributed by atoms with Crippen molar-refractivity contribution in [1.29, 1.82) is 0 Å². The Bertz CT molecular complexity index is 185. The van der Waals surface area contributed by atoms with Crippen LogP contribution in [0.4, 0.5) is 0 Å². The van der Waals surface area contributed by atoms with Gasteiger partial charge in [-0.15, -0.1) is 0 Å². The normalized spacial score (nSPS) is 42.2. The molecule has 1 saturated carbocycles. The molecule has 2 aliphatic rings. The van der Waals surface area contributed by atoms with Crippen molar-refractivity contribution in [3.63, 3.8) is 0 Å². The monoisotopic (exact) mass is 182 g/mol. The van der Waals surface area contributed by atoms with Crippen LogP contribution in [0.2, 0.25) is 0 Å². The molecule has 1 saturated heterocycles. The highest BCUT2D eigenvalue weighted by atomic mass is 15.2. The third-order valence-corrected chi connectivity index (χ3v) is 4.13. The second-order valence-corrected chi connectivity index (χ2v) is 5.10. The smallest absolute Gasteiger partial charge is 0.0155 e. The fraction of sp³-hybridized carbons (Fsp3) is 1.00. The van der Waals surface area contributed by atoms with Crippen LogP contribution in [0.5, 0.6) is 0 Å². The summed E-state index contributed by atoms with van der Waals surface area (Å²) in [5.74, 6) is 0. The maximum atomic E-state index is 5.89. The molecule has 0 aromatic carbocycles. The lowest BCUT2D eigenvalue weighted by Crippen LogP contribution is -2.42. The van der Waals surface area contributed by atoms with Crippen LogP contribution in [0.1, 0.15) is 39.5 Å². The van der Waals surface area contributed by atoms with Crippen LogP contribution in [0.25, 0.3) is 0 Å². The summed E-state index contributed by atoms with van der Waals surface area (Å²) in [6, 6.07) is 1.35. The van der Waals surface area contributed by atoms with Gasteiger partial charge in [-0.3, -0.25) is 4.90 Å². The first-order chi connectivity index (χ1) is 6.15. The number of piperidine rings is 1. The topological polar surface area (TPSA) is 29.3 Å². The molecule has 2 nitrogen and oxygen atoms in total. The third-order valence-electron chi connectivity index (χ3n) is 4.13. The van der Waals surface area contributed by atoms with Gasteiger partial charge in [-0.1, -0.05) is 13.8 Å². The first kappa shape index (κ1) is 9.47. The molecule has 2 fully saturated rings. The van der Waals surface area contributed by atoms with Gasteiger partial charge < -0.3 is 5.73 Å². The minimum atomic E-state index is 0.475. The van der Waals surface area contributed by atoms with Gasteiger partial charge in [0.15, 0.2) is 0 Å². The Kier molecular flexibility index (Phi) is 2.37. The van der Waals surface area contributed by atoms with Gasteiger partial charge in [0, 0.05) is 12.1 Å². The zero-order valence-electron chi connectivity index (χ0n) is 8.92. The standard InChI is InChI=1S/C11H22N2/c1-3-11(2)8-10(11)13-6-4-9(12)5-7-13/h9-10H,3-8,12H2,1-2H3. The molecule has 0 radical (unpaired) electrons. The number of likely N-dealkylation sites (tertiary alicyclic amines) is 1. The molecule has 0 amide bonds. The molecule has 0 aromatic heterocycles. The molecule has 1 aliphatic heterocycles. The fourth-order valence-corrected chi connectivity index (χ4v) is 2.56. The Balaban J connectivity index is 1.84. The maximum Gasteiger partial charge on any atom is 0.0155 e. The van der Waals surface area contributed by atoms with Crippen LogP contribution in [0.3, 0.4) is 0 Å². The van der Waals surface area contributed by atoms with Crippen molar-refractivity contribution in [3.05, 3.63) is 0 Å². The van der Waals surface area contributed by atoms with Gasteiger partial charge in [0.25, 0.3) is 0 Å². The van der Waals surface area contributed by atoms with Gasteiger partial charge >= 0.3 is 0 Å². The summed E-state index contributed by atoms with van der Waals surface area (Å²) in [4.78, 5) is 2.66. The molecular weight excluding hydrogens is 160 g/mol. The van der Waals surface area contributed by atoms with Crippen molar-refractivity contribution in [1.82, 2.24) is 4.90 Å². The van der Waals surface area contributed by atoms with Gasteiger partial charge in [-0.05, 0) is 44.2 Å². The highest BCUT2D eigenvalue weighted by molar-refractivity contribution is 5.05. The molecule has 1 aliphatic carbocycles. The van der Waals surface area contributed by atoms with Crippen molar-refractivity contribution < 1.29 is 0 Å². The predicted octanol–water partition coefficient (Wildman–Crippen LogP) is 1.60. The number of hydrogen-bond acceptors (Lipinski definition) is 2. The number of hydrogen-bond donors (Lipinski definition) is 1. The van der Waals surface area contributed by atoms with Crippen molar-refractivity contribution in [2.45, 2.75) is 51.6 Å². The predicted molar refractivity (Wildman–Crippen MR) is 55.6 cm³/mol. The molecule has 2 rings (SSSR count). The summed E-state index contributed by atoms with van der Waals surface area (Å²) in [6.45, 7) is 7.21. The lowest BCUT2D eigenvalue weighted by atomic mass is 10.0. The molecule has 1 heterocycles. The molecule has 2 unspecified atom stereocenters. The summed E-state index contributed by atoms with van der Waals surface area (Å²) < 4.78 is 0. The number of nitrogens with two attached hydrogens (primary N) is 1. The summed E-state index contributed by atoms with van der Waals surface area (Å²) >= 11 is 0. The highest BCUT2D eigenvalue weighted by Gasteiger charge is 2.51. The maximum absolute atomic E-state index is 5.89. The van der Waals surface area contributed by atoms with Crippen LogP contribution >= 0.6 is 0 Å². The lowest BCUT2D eigenvalue weighted by Gasteiger charge is -2.31. The van der Waals surface area contributed by atoms with Crippen LogP contribution in [0.15, 0.2) is 0 Å². The second-order valence-electron chi connectivity index (χ2n) is 5.10. The molecule has 76 valence electrons. The van der Waals surface area contributed by atoms with Gasteiger partial charge in [0.1, 0.15) is 0 Å². The minimum Gasteiger partial charge on any atom is -0.328 e. The van der Waals surface area contributed by atoms with Gasteiger partial charge in [0.2, 0.25) is 0 Å². The molecule has 0 bridgehead atoms. The largest absolute Gasteiger partial charge is 0.328 e. The van der Waals surface area contributed by atoms with Gasteiger partial charge in [-0.2, -0.15) is 0 Å². The van der Waals surface area contributed by atoms with Crippen LogP contribution in [-0.4, -0.2) is 30.1 Å². The number of nitrogens with zero attached hydrogens (tertiary/aromatic N) is 1. The molecule has 2 N–H and O–H groups in total. The van der Waals surface area contributed by atoms with E-state index in [0.29, 0.717) is 11.5 Å². The van der Waals surface area contributed by atoms with E-state index in [4.69, 9.17) is 5.73 Å². The third kappa shape index (κ3) is 1.75. The first-order valence-electron chi connectivity index (χ1n) is 5.65. The Morgan fingerprint density at radius 3 is 2.46 bits per heavy atom. The molecular formula is C11H22N2. The SMILES string of the molecule is CCC1(C)CC1N1CCC(N)CC1. The summed E-state index contributed by atoms with van der Waals surface area (Å²) in [5, 5.41) is 0. The van der Waals surface area contributed by atoms with E-state index >= 15 is 0 Å². The average Bonchev–Trinajstić information content (AvgIpc) is 2.81. The fourth-order valence-electron chi connectivity index (χ4n) is 2.56. The highest BCUT2D eigenvalue weighted by Crippen LogP contribution is 2.52. The second kappa shape index (κ2) is 3.25. The van der Waals surface area contributed by atoms with E-state index in [2.05, 4.69) is 18.7 Å². The Labute approximate surface area is 81.5 Å². The van der Waals surface area contributed by atoms with Crippen molar-refractivity contribution >= 4 is 0 Å². The molecule has 2 heteroatoms. The van der Waals surface area contributed by atoms with E-state index in [1.807, 2.05) is 0 Å². The Hall–Kier alpha value is -0.0800. The number of rotatable bonds is 2. The first-order valence-corrected chi connectivity index (χ1v) is 5.65. The van der Waals surface area contributed by atoms with E-state index in [-0.39, 0.29) is 0 Å². The van der Waals surface area contributed by atoms with E-state index in [1.165, 1.54) is 38.8 Å². The molecule has 0 aromatic rings. The summed E-state index contributed by atoms with van der Waals surface area (Å²) in [5.41, 5.74) is 6.53. The van der Waals surface area contributed by atoms with Gasteiger partial charge in [0.05, 0.1) is 0 Å². The zero-order chi connectivity index (χ0) is 9.47. The van der Waals surface area contributed by atoms with E-state index < -0.39 is 0 Å². The van der Waals surface area contributed by atoms with Crippen LogP contribution < -0.4 is 5.73 Å². The summed E-state index contributed by atoms with van der Waals surface area (Å²) in [7, 11) is 0. The van der Waals surface area contributed by atoms with Crippen molar-refractivity contribution in [2.75, 3.05) is 13.1 Å². The van der Waals surface area contributed by atoms with Crippen LogP contribution in [0, 0.1) is 5.41 Å². The zero-order valence-corrected chi connectivity index (χ0v) is 8.92. The lowest BCUT2D eigenvalue weighted by molar-refractivity contribution is 0.180. The van der Waals surface area contributed by atoms with E-state index in [1.54, 1.807) is 0 Å². The van der Waals surface area contributed by atoms with Crippen molar-refractivity contribution in [3.8, 4) is 0 Å². The Morgan fingerprint density at radius 2 is 2.00 bits per heavy atom. The molecule has 2 atom stereocenters. The van der Waals surface area contributed by atoms with Gasteiger partial charge in [-0.25, -0.2) is 0 Å². The molecule has 0 spiro atoms. The van der Waals surface area contributed by atoms with Crippen LogP contribution in [-0.2, 0) is 0 Å². The quantitative estimate of drug-likeness (QED) is 0.703.